The summed E-state index contributed by atoms with van der Waals surface area (Å²) in [5.74, 6) is 0. The molecule has 0 bridgehead atoms. The summed E-state index contributed by atoms with van der Waals surface area (Å²) in [6, 6.07) is 55.7. The monoisotopic (exact) mass is 473 g/mol. The summed E-state index contributed by atoms with van der Waals surface area (Å²) in [6.45, 7) is 0. The normalized spacial score (nSPS) is 10.7. The molecule has 0 amide bonds. The number of rotatable bonds is 6. The highest BCUT2D eigenvalue weighted by Gasteiger charge is 2.16. The molecule has 0 aliphatic heterocycles. The second kappa shape index (κ2) is 10.4. The quantitative estimate of drug-likeness (QED) is 0.237. The highest BCUT2D eigenvalue weighted by atomic mass is 14.9. The van der Waals surface area contributed by atoms with E-state index in [-0.39, 0.29) is 0 Å². The van der Waals surface area contributed by atoms with E-state index in [4.69, 9.17) is 0 Å². The number of fused-ring (bicyclic) bond motifs is 1. The van der Waals surface area contributed by atoms with Crippen molar-refractivity contribution < 1.29 is 0 Å². The average Bonchev–Trinajstić information content (AvgIpc) is 2.98. The summed E-state index contributed by atoms with van der Waals surface area (Å²) in [7, 11) is 0. The van der Waals surface area contributed by atoms with E-state index in [1.165, 1.54) is 44.2 Å². The van der Waals surface area contributed by atoms with Gasteiger partial charge in [0.2, 0.25) is 0 Å². The molecule has 37 heavy (non-hydrogen) atoms. The molecule has 0 radical (unpaired) electrons. The predicted octanol–water partition coefficient (Wildman–Crippen LogP) is 9.59. The second-order valence-electron chi connectivity index (χ2n) is 9.08. The third-order valence-electron chi connectivity index (χ3n) is 6.68. The maximum atomic E-state index is 3.63. The van der Waals surface area contributed by atoms with Crippen LogP contribution in [0.15, 0.2) is 158 Å². The second-order valence-corrected chi connectivity index (χ2v) is 9.08. The highest BCUT2D eigenvalue weighted by molar-refractivity contribution is 6.04. The van der Waals surface area contributed by atoms with E-state index in [0.717, 1.165) is 11.4 Å². The molecule has 176 valence electrons. The Labute approximate surface area is 218 Å². The van der Waals surface area contributed by atoms with Gasteiger partial charge in [0.05, 0.1) is 0 Å². The lowest BCUT2D eigenvalue weighted by atomic mass is 9.86. The van der Waals surface area contributed by atoms with Gasteiger partial charge in [0, 0.05) is 16.8 Å². The summed E-state index contributed by atoms with van der Waals surface area (Å²) in [5.41, 5.74) is 9.39. The fourth-order valence-corrected chi connectivity index (χ4v) is 4.94. The van der Waals surface area contributed by atoms with Crippen molar-refractivity contribution in [1.82, 2.24) is 0 Å². The molecule has 0 spiro atoms. The van der Waals surface area contributed by atoms with Crippen molar-refractivity contribution in [2.24, 2.45) is 0 Å². The lowest BCUT2D eigenvalue weighted by Crippen LogP contribution is -1.98. The van der Waals surface area contributed by atoms with Crippen LogP contribution >= 0.6 is 0 Å². The number of anilines is 2. The van der Waals surface area contributed by atoms with Gasteiger partial charge in [0.25, 0.3) is 0 Å². The zero-order valence-corrected chi connectivity index (χ0v) is 20.5. The molecule has 6 aromatic carbocycles. The minimum absolute atomic E-state index is 1.06. The maximum absolute atomic E-state index is 3.63. The van der Waals surface area contributed by atoms with Crippen molar-refractivity contribution in [2.45, 2.75) is 0 Å². The summed E-state index contributed by atoms with van der Waals surface area (Å²) in [4.78, 5) is 0. The molecule has 0 saturated carbocycles. The van der Waals surface area contributed by atoms with Crippen LogP contribution in [-0.2, 0) is 0 Å². The van der Waals surface area contributed by atoms with Crippen LogP contribution in [0, 0.1) is 0 Å². The minimum atomic E-state index is 1.06. The van der Waals surface area contributed by atoms with E-state index < -0.39 is 0 Å². The van der Waals surface area contributed by atoms with Gasteiger partial charge < -0.3 is 5.32 Å². The SMILES string of the molecule is c1ccc(C(=C(c2ccccc2)c2ccc(Nc3cccc4ccccc34)cc2)c2ccccc2)cc1. The zero-order valence-electron chi connectivity index (χ0n) is 20.5. The van der Waals surface area contributed by atoms with Crippen LogP contribution in [0.3, 0.4) is 0 Å². The van der Waals surface area contributed by atoms with Gasteiger partial charge in [-0.25, -0.2) is 0 Å². The van der Waals surface area contributed by atoms with E-state index in [1.54, 1.807) is 0 Å². The molecule has 0 fully saturated rings. The first-order valence-corrected chi connectivity index (χ1v) is 12.6. The molecule has 1 heteroatoms. The summed E-state index contributed by atoms with van der Waals surface area (Å²) in [6.07, 6.45) is 0. The number of benzene rings is 6. The molecular weight excluding hydrogens is 446 g/mol. The fourth-order valence-electron chi connectivity index (χ4n) is 4.94. The lowest BCUT2D eigenvalue weighted by molar-refractivity contribution is 1.49. The van der Waals surface area contributed by atoms with Gasteiger partial charge in [0.1, 0.15) is 0 Å². The predicted molar refractivity (Wildman–Crippen MR) is 158 cm³/mol. The van der Waals surface area contributed by atoms with Gasteiger partial charge in [-0.2, -0.15) is 0 Å². The van der Waals surface area contributed by atoms with Crippen LogP contribution < -0.4 is 5.32 Å². The van der Waals surface area contributed by atoms with Crippen LogP contribution in [-0.4, -0.2) is 0 Å². The van der Waals surface area contributed by atoms with Crippen molar-refractivity contribution in [3.8, 4) is 0 Å². The van der Waals surface area contributed by atoms with E-state index in [9.17, 15) is 0 Å². The first-order chi connectivity index (χ1) is 18.4. The van der Waals surface area contributed by atoms with Crippen molar-refractivity contribution in [1.29, 1.82) is 0 Å². The van der Waals surface area contributed by atoms with Crippen LogP contribution in [0.2, 0.25) is 0 Å². The molecule has 1 N–H and O–H groups in total. The smallest absolute Gasteiger partial charge is 0.0463 e. The van der Waals surface area contributed by atoms with E-state index in [0.29, 0.717) is 0 Å². The molecule has 0 aliphatic carbocycles. The topological polar surface area (TPSA) is 12.0 Å². The first-order valence-electron chi connectivity index (χ1n) is 12.6. The van der Waals surface area contributed by atoms with Gasteiger partial charge in [-0.15, -0.1) is 0 Å². The molecule has 0 atom stereocenters. The van der Waals surface area contributed by atoms with Crippen LogP contribution in [0.5, 0.6) is 0 Å². The summed E-state index contributed by atoms with van der Waals surface area (Å²) in [5, 5.41) is 6.08. The molecule has 0 aliphatic rings. The Morgan fingerprint density at radius 3 is 1.32 bits per heavy atom. The lowest BCUT2D eigenvalue weighted by Gasteiger charge is -2.18. The first kappa shape index (κ1) is 22.6. The third-order valence-corrected chi connectivity index (χ3v) is 6.68. The van der Waals surface area contributed by atoms with E-state index in [1.807, 2.05) is 0 Å². The summed E-state index contributed by atoms with van der Waals surface area (Å²) >= 11 is 0. The van der Waals surface area contributed by atoms with Crippen molar-refractivity contribution in [3.05, 3.63) is 180 Å². The van der Waals surface area contributed by atoms with Crippen molar-refractivity contribution >= 4 is 33.3 Å². The Kier molecular flexibility index (Phi) is 6.34. The highest BCUT2D eigenvalue weighted by Crippen LogP contribution is 2.37. The van der Waals surface area contributed by atoms with Gasteiger partial charge in [-0.1, -0.05) is 140 Å². The average molecular weight is 474 g/mol. The third kappa shape index (κ3) is 4.80. The van der Waals surface area contributed by atoms with Crippen molar-refractivity contribution in [2.75, 3.05) is 5.32 Å². The molecular formula is C36H27N. The Bertz CT molecular complexity index is 1600. The largest absolute Gasteiger partial charge is 0.355 e. The van der Waals surface area contributed by atoms with E-state index >= 15 is 0 Å². The molecule has 6 rings (SSSR count). The minimum Gasteiger partial charge on any atom is -0.355 e. The Hall–Kier alpha value is -4.88. The van der Waals surface area contributed by atoms with Crippen molar-refractivity contribution in [3.63, 3.8) is 0 Å². The van der Waals surface area contributed by atoms with Crippen LogP contribution in [0.25, 0.3) is 21.9 Å². The van der Waals surface area contributed by atoms with Gasteiger partial charge >= 0.3 is 0 Å². The van der Waals surface area contributed by atoms with Gasteiger partial charge in [-0.3, -0.25) is 0 Å². The number of nitrogens with one attached hydrogen (secondary N) is 1. The van der Waals surface area contributed by atoms with Gasteiger partial charge in [0.15, 0.2) is 0 Å². The number of hydrogen-bond donors (Lipinski definition) is 1. The summed E-state index contributed by atoms with van der Waals surface area (Å²) < 4.78 is 0. The Morgan fingerprint density at radius 1 is 0.351 bits per heavy atom. The maximum Gasteiger partial charge on any atom is 0.0463 e. The fraction of sp³-hybridized carbons (Fsp3) is 0. The molecule has 0 heterocycles. The Balaban J connectivity index is 1.48. The molecule has 0 saturated heterocycles. The molecule has 0 unspecified atom stereocenters. The standard InChI is InChI=1S/C36H27N/c1-4-14-28(15-5-1)35(29-16-6-2-7-17-29)36(30-18-8-3-9-19-30)31-23-25-32(26-24-31)37-34-22-12-20-27-13-10-11-21-33(27)34/h1-26,37H. The molecule has 6 aromatic rings. The van der Waals surface area contributed by atoms with E-state index in [2.05, 4.69) is 163 Å². The zero-order chi connectivity index (χ0) is 24.9. The van der Waals surface area contributed by atoms with Crippen LogP contribution in [0.4, 0.5) is 11.4 Å². The van der Waals surface area contributed by atoms with Crippen LogP contribution in [0.1, 0.15) is 22.3 Å². The molecule has 1 nitrogen and oxygen atoms in total. The van der Waals surface area contributed by atoms with Gasteiger partial charge in [-0.05, 0) is 57.0 Å². The molecule has 0 aromatic heterocycles. The Morgan fingerprint density at radius 2 is 0.784 bits per heavy atom. The number of hydrogen-bond acceptors (Lipinski definition) is 1.